The number of nitrogens with one attached hydrogen (secondary N) is 1. The first-order valence-corrected chi connectivity index (χ1v) is 6.26. The summed E-state index contributed by atoms with van der Waals surface area (Å²) in [5.41, 5.74) is 1.32. The van der Waals surface area contributed by atoms with Gasteiger partial charge < -0.3 is 10.1 Å². The van der Waals surface area contributed by atoms with E-state index in [4.69, 9.17) is 4.74 Å². The van der Waals surface area contributed by atoms with Crippen LogP contribution < -0.4 is 10.1 Å². The van der Waals surface area contributed by atoms with Crippen molar-refractivity contribution in [1.29, 1.82) is 0 Å². The van der Waals surface area contributed by atoms with E-state index in [9.17, 15) is 0 Å². The van der Waals surface area contributed by atoms with Gasteiger partial charge in [-0.1, -0.05) is 24.6 Å². The topological polar surface area (TPSA) is 21.3 Å². The van der Waals surface area contributed by atoms with E-state index in [1.165, 1.54) is 24.8 Å². The average molecular weight is 256 g/mol. The van der Waals surface area contributed by atoms with Gasteiger partial charge >= 0.3 is 0 Å². The molecule has 1 heterocycles. The monoisotopic (exact) mass is 255 g/mol. The lowest BCUT2D eigenvalue weighted by Gasteiger charge is -2.26. The Morgan fingerprint density at radius 3 is 2.65 bits per heavy atom. The number of piperidine rings is 1. The zero-order valence-corrected chi connectivity index (χ0v) is 11.4. The third kappa shape index (κ3) is 3.90. The Morgan fingerprint density at radius 2 is 2.00 bits per heavy atom. The normalized spacial score (nSPS) is 19.8. The fraction of sp³-hybridized carbons (Fsp3) is 0.571. The molecular formula is C14H22ClNO. The predicted octanol–water partition coefficient (Wildman–Crippen LogP) is 3.71. The Hall–Kier alpha value is -0.730. The van der Waals surface area contributed by atoms with E-state index < -0.39 is 0 Å². The number of hydrogen-bond donors (Lipinski definition) is 1. The molecular weight excluding hydrogens is 234 g/mol. The van der Waals surface area contributed by atoms with Gasteiger partial charge in [0.15, 0.2) is 0 Å². The number of ether oxygens (including phenoxy) is 1. The van der Waals surface area contributed by atoms with Crippen LogP contribution in [0.1, 0.15) is 44.7 Å². The molecule has 0 amide bonds. The maximum absolute atomic E-state index is 5.86. The zero-order chi connectivity index (χ0) is 11.4. The van der Waals surface area contributed by atoms with E-state index in [1.54, 1.807) is 0 Å². The molecule has 2 nitrogen and oxygen atoms in total. The molecule has 17 heavy (non-hydrogen) atoms. The van der Waals surface area contributed by atoms with Crippen molar-refractivity contribution in [3.05, 3.63) is 29.8 Å². The molecule has 1 aliphatic rings. The van der Waals surface area contributed by atoms with Gasteiger partial charge in [-0.15, -0.1) is 12.4 Å². The molecule has 3 heteroatoms. The Balaban J connectivity index is 0.00000144. The highest BCUT2D eigenvalue weighted by Crippen LogP contribution is 2.30. The van der Waals surface area contributed by atoms with Gasteiger partial charge in [-0.3, -0.25) is 0 Å². The van der Waals surface area contributed by atoms with Gasteiger partial charge in [-0.2, -0.15) is 0 Å². The highest BCUT2D eigenvalue weighted by atomic mass is 35.5. The predicted molar refractivity (Wildman–Crippen MR) is 74.0 cm³/mol. The molecule has 0 spiro atoms. The smallest absolute Gasteiger partial charge is 0.124 e. The molecule has 2 rings (SSSR count). The minimum absolute atomic E-state index is 0. The van der Waals surface area contributed by atoms with Crippen molar-refractivity contribution < 1.29 is 4.74 Å². The van der Waals surface area contributed by atoms with Crippen LogP contribution in [0.3, 0.4) is 0 Å². The van der Waals surface area contributed by atoms with Gasteiger partial charge in [-0.05, 0) is 39.3 Å². The number of benzene rings is 1. The summed E-state index contributed by atoms with van der Waals surface area (Å²) in [5.74, 6) is 1.04. The second-order valence-electron chi connectivity index (χ2n) is 4.71. The van der Waals surface area contributed by atoms with E-state index in [0.717, 1.165) is 12.3 Å². The van der Waals surface area contributed by atoms with Crippen molar-refractivity contribution in [3.8, 4) is 5.75 Å². The SMILES string of the molecule is CC(C)Oc1ccccc1[C@@H]1CCCCN1.Cl. The van der Waals surface area contributed by atoms with Crippen molar-refractivity contribution in [2.75, 3.05) is 6.54 Å². The number of para-hydroxylation sites is 1. The van der Waals surface area contributed by atoms with E-state index >= 15 is 0 Å². The van der Waals surface area contributed by atoms with Gasteiger partial charge in [0.25, 0.3) is 0 Å². The lowest BCUT2D eigenvalue weighted by molar-refractivity contribution is 0.236. The summed E-state index contributed by atoms with van der Waals surface area (Å²) >= 11 is 0. The maximum Gasteiger partial charge on any atom is 0.124 e. The summed E-state index contributed by atoms with van der Waals surface area (Å²) in [5, 5.41) is 3.57. The van der Waals surface area contributed by atoms with Crippen LogP contribution in [0.4, 0.5) is 0 Å². The summed E-state index contributed by atoms with van der Waals surface area (Å²) in [4.78, 5) is 0. The molecule has 1 atom stereocenters. The fourth-order valence-electron chi connectivity index (χ4n) is 2.25. The molecule has 0 radical (unpaired) electrons. The van der Waals surface area contributed by atoms with Crippen molar-refractivity contribution >= 4 is 12.4 Å². The fourth-order valence-corrected chi connectivity index (χ4v) is 2.25. The summed E-state index contributed by atoms with van der Waals surface area (Å²) in [6, 6.07) is 8.87. The van der Waals surface area contributed by atoms with E-state index in [1.807, 2.05) is 6.07 Å². The second-order valence-corrected chi connectivity index (χ2v) is 4.71. The molecule has 1 N–H and O–H groups in total. The van der Waals surface area contributed by atoms with Crippen molar-refractivity contribution in [2.45, 2.75) is 45.3 Å². The first-order valence-electron chi connectivity index (χ1n) is 6.26. The lowest BCUT2D eigenvalue weighted by atomic mass is 9.97. The molecule has 1 fully saturated rings. The van der Waals surface area contributed by atoms with Crippen molar-refractivity contribution in [2.24, 2.45) is 0 Å². The largest absolute Gasteiger partial charge is 0.491 e. The van der Waals surface area contributed by atoms with Crippen LogP contribution in [0.25, 0.3) is 0 Å². The summed E-state index contributed by atoms with van der Waals surface area (Å²) < 4.78 is 5.86. The van der Waals surface area contributed by atoms with Crippen molar-refractivity contribution in [3.63, 3.8) is 0 Å². The molecule has 0 bridgehead atoms. The van der Waals surface area contributed by atoms with E-state index in [0.29, 0.717) is 6.04 Å². The van der Waals surface area contributed by atoms with Gasteiger partial charge in [0.05, 0.1) is 6.10 Å². The molecule has 0 saturated carbocycles. The molecule has 1 saturated heterocycles. The van der Waals surface area contributed by atoms with Crippen LogP contribution in [-0.4, -0.2) is 12.6 Å². The average Bonchev–Trinajstić information content (AvgIpc) is 2.30. The minimum atomic E-state index is 0. The van der Waals surface area contributed by atoms with Crippen LogP contribution in [0.2, 0.25) is 0 Å². The van der Waals surface area contributed by atoms with Gasteiger partial charge in [-0.25, -0.2) is 0 Å². The van der Waals surface area contributed by atoms with Crippen LogP contribution >= 0.6 is 12.4 Å². The molecule has 1 aliphatic heterocycles. The van der Waals surface area contributed by atoms with E-state index in [2.05, 4.69) is 37.4 Å². The first-order chi connectivity index (χ1) is 7.77. The van der Waals surface area contributed by atoms with Crippen LogP contribution in [0.5, 0.6) is 5.75 Å². The molecule has 0 aliphatic carbocycles. The Labute approximate surface area is 110 Å². The molecule has 1 aromatic rings. The van der Waals surface area contributed by atoms with Crippen LogP contribution in [0, 0.1) is 0 Å². The molecule has 0 aromatic heterocycles. The summed E-state index contributed by atoms with van der Waals surface area (Å²) in [7, 11) is 0. The minimum Gasteiger partial charge on any atom is -0.491 e. The Morgan fingerprint density at radius 1 is 1.24 bits per heavy atom. The zero-order valence-electron chi connectivity index (χ0n) is 10.6. The van der Waals surface area contributed by atoms with Crippen molar-refractivity contribution in [1.82, 2.24) is 5.32 Å². The third-order valence-electron chi connectivity index (χ3n) is 2.97. The Bertz CT molecular complexity index is 335. The molecule has 0 unspecified atom stereocenters. The highest BCUT2D eigenvalue weighted by molar-refractivity contribution is 5.85. The lowest BCUT2D eigenvalue weighted by Crippen LogP contribution is -2.27. The van der Waals surface area contributed by atoms with Crippen LogP contribution in [-0.2, 0) is 0 Å². The number of hydrogen-bond acceptors (Lipinski definition) is 2. The van der Waals surface area contributed by atoms with Gasteiger partial charge in [0, 0.05) is 11.6 Å². The maximum atomic E-state index is 5.86. The van der Waals surface area contributed by atoms with E-state index in [-0.39, 0.29) is 18.5 Å². The number of halogens is 1. The highest BCUT2D eigenvalue weighted by Gasteiger charge is 2.18. The van der Waals surface area contributed by atoms with Gasteiger partial charge in [0.1, 0.15) is 5.75 Å². The second kappa shape index (κ2) is 6.87. The standard InChI is InChI=1S/C14H21NO.ClH/c1-11(2)16-14-9-4-3-7-12(14)13-8-5-6-10-15-13;/h3-4,7,9,11,13,15H,5-6,8,10H2,1-2H3;1H/t13-;/m0./s1. The number of rotatable bonds is 3. The van der Waals surface area contributed by atoms with Crippen LogP contribution in [0.15, 0.2) is 24.3 Å². The molecule has 96 valence electrons. The third-order valence-corrected chi connectivity index (χ3v) is 2.97. The summed E-state index contributed by atoms with van der Waals surface area (Å²) in [6.07, 6.45) is 4.07. The van der Waals surface area contributed by atoms with Gasteiger partial charge in [0.2, 0.25) is 0 Å². The summed E-state index contributed by atoms with van der Waals surface area (Å²) in [6.45, 7) is 5.27. The molecule has 1 aromatic carbocycles. The Kier molecular flexibility index (Phi) is 5.79. The first kappa shape index (κ1) is 14.3. The quantitative estimate of drug-likeness (QED) is 0.889.